The predicted molar refractivity (Wildman–Crippen MR) is 125 cm³/mol. The van der Waals surface area contributed by atoms with E-state index in [0.717, 1.165) is 22.3 Å². The van der Waals surface area contributed by atoms with Crippen LogP contribution in [-0.4, -0.2) is 92.0 Å². The number of carbonyl (C=O) groups excluding carboxylic acids is 2. The maximum absolute atomic E-state index is 12.9. The number of carboxylic acid groups (broad SMARTS) is 1. The Morgan fingerprint density at radius 3 is 2.21 bits per heavy atom. The molecule has 1 aliphatic carbocycles. The zero-order valence-electron chi connectivity index (χ0n) is 19.3. The van der Waals surface area contributed by atoms with Crippen LogP contribution in [-0.2, 0) is 19.1 Å². The van der Waals surface area contributed by atoms with Gasteiger partial charge < -0.3 is 29.7 Å². The normalized spacial score (nSPS) is 15.9. The first-order chi connectivity index (χ1) is 16.3. The summed E-state index contributed by atoms with van der Waals surface area (Å²) in [4.78, 5) is 39.6. The van der Waals surface area contributed by atoms with Crippen LogP contribution in [0.5, 0.6) is 0 Å². The first-order valence-corrected chi connectivity index (χ1v) is 11.2. The molecule has 2 aromatic rings. The van der Waals surface area contributed by atoms with E-state index in [-0.39, 0.29) is 24.5 Å². The van der Waals surface area contributed by atoms with Crippen LogP contribution in [0.1, 0.15) is 17.0 Å². The Balaban J connectivity index is 1.35. The number of likely N-dealkylation sites (tertiary alicyclic amines) is 1. The molecule has 1 heterocycles. The summed E-state index contributed by atoms with van der Waals surface area (Å²) >= 11 is 0. The van der Waals surface area contributed by atoms with Crippen molar-refractivity contribution in [1.82, 2.24) is 15.1 Å². The lowest BCUT2D eigenvalue weighted by Gasteiger charge is -2.40. The number of ether oxygens (including phenoxy) is 2. The van der Waals surface area contributed by atoms with Gasteiger partial charge in [-0.05, 0) is 36.3 Å². The van der Waals surface area contributed by atoms with Crippen molar-refractivity contribution < 1.29 is 29.0 Å². The number of benzene rings is 2. The average Bonchev–Trinajstić information content (AvgIpc) is 3.09. The highest BCUT2D eigenvalue weighted by atomic mass is 16.5. The molecule has 2 aliphatic rings. The van der Waals surface area contributed by atoms with E-state index in [4.69, 9.17) is 14.6 Å². The lowest BCUT2D eigenvalue weighted by molar-refractivity contribution is -0.155. The molecular weight excluding hydrogens is 438 g/mol. The third kappa shape index (κ3) is 5.21. The molecule has 1 unspecified atom stereocenters. The lowest BCUT2D eigenvalue weighted by Crippen LogP contribution is -2.61. The summed E-state index contributed by atoms with van der Waals surface area (Å²) in [6, 6.07) is 15.4. The molecular formula is C25H29N3O6. The molecule has 0 radical (unpaired) electrons. The Bertz CT molecular complexity index is 1020. The van der Waals surface area contributed by atoms with Gasteiger partial charge in [-0.25, -0.2) is 9.59 Å². The van der Waals surface area contributed by atoms with Crippen molar-refractivity contribution in [3.8, 4) is 11.1 Å². The van der Waals surface area contributed by atoms with Crippen LogP contribution in [0.15, 0.2) is 48.5 Å². The van der Waals surface area contributed by atoms with E-state index in [0.29, 0.717) is 19.6 Å². The van der Waals surface area contributed by atoms with Crippen molar-refractivity contribution in [3.05, 3.63) is 59.7 Å². The van der Waals surface area contributed by atoms with Gasteiger partial charge in [-0.1, -0.05) is 48.5 Å². The monoisotopic (exact) mass is 467 g/mol. The van der Waals surface area contributed by atoms with Gasteiger partial charge in [0.05, 0.1) is 6.10 Å². The second kappa shape index (κ2) is 10.2. The molecule has 1 aliphatic heterocycles. The highest BCUT2D eigenvalue weighted by molar-refractivity contribution is 5.86. The van der Waals surface area contributed by atoms with Crippen molar-refractivity contribution in [2.24, 2.45) is 0 Å². The minimum atomic E-state index is -1.05. The standard InChI is InChI=1S/C25H29N3O6/c1-27(2)13-22(24(31)28-11-16(12-28)33-15-23(29)30)26-25(32)34-14-21-19-9-5-3-7-17(19)18-8-4-6-10-20(18)21/h3-10,16,21-22H,11-15H2,1-2H3,(H,26,32)(H,29,30). The fourth-order valence-electron chi connectivity index (χ4n) is 4.47. The van der Waals surface area contributed by atoms with Crippen LogP contribution in [0.3, 0.4) is 0 Å². The number of hydrogen-bond donors (Lipinski definition) is 2. The summed E-state index contributed by atoms with van der Waals surface area (Å²) < 4.78 is 10.8. The smallest absolute Gasteiger partial charge is 0.407 e. The zero-order chi connectivity index (χ0) is 24.2. The van der Waals surface area contributed by atoms with Gasteiger partial charge in [0.1, 0.15) is 19.3 Å². The van der Waals surface area contributed by atoms with Gasteiger partial charge in [-0.2, -0.15) is 0 Å². The average molecular weight is 468 g/mol. The molecule has 2 aromatic carbocycles. The number of amides is 2. The zero-order valence-corrected chi connectivity index (χ0v) is 19.3. The number of hydrogen-bond acceptors (Lipinski definition) is 6. The van der Waals surface area contributed by atoms with E-state index in [1.807, 2.05) is 55.4 Å². The molecule has 9 nitrogen and oxygen atoms in total. The SMILES string of the molecule is CN(C)CC(NC(=O)OCC1c2ccccc2-c2ccccc21)C(=O)N1CC(OCC(=O)O)C1. The number of carbonyl (C=O) groups is 3. The van der Waals surface area contributed by atoms with Gasteiger partial charge in [0.2, 0.25) is 5.91 Å². The van der Waals surface area contributed by atoms with Crippen molar-refractivity contribution >= 4 is 18.0 Å². The second-order valence-electron chi connectivity index (χ2n) is 8.85. The van der Waals surface area contributed by atoms with Crippen LogP contribution < -0.4 is 5.32 Å². The quantitative estimate of drug-likeness (QED) is 0.579. The topological polar surface area (TPSA) is 108 Å². The van der Waals surface area contributed by atoms with E-state index in [1.165, 1.54) is 0 Å². The van der Waals surface area contributed by atoms with Crippen molar-refractivity contribution in [2.45, 2.75) is 18.1 Å². The third-order valence-electron chi connectivity index (χ3n) is 6.08. The largest absolute Gasteiger partial charge is 0.480 e. The summed E-state index contributed by atoms with van der Waals surface area (Å²) in [6.07, 6.45) is -0.962. The fraction of sp³-hybridized carbons (Fsp3) is 0.400. The first-order valence-electron chi connectivity index (χ1n) is 11.2. The summed E-state index contributed by atoms with van der Waals surface area (Å²) in [6.45, 7) is 0.661. The van der Waals surface area contributed by atoms with E-state index >= 15 is 0 Å². The highest BCUT2D eigenvalue weighted by Crippen LogP contribution is 2.44. The van der Waals surface area contributed by atoms with Gasteiger partial charge >= 0.3 is 12.1 Å². The summed E-state index contributed by atoms with van der Waals surface area (Å²) in [5.74, 6) is -1.37. The number of likely N-dealkylation sites (N-methyl/N-ethyl adjacent to an activating group) is 1. The van der Waals surface area contributed by atoms with Crippen LogP contribution in [0.2, 0.25) is 0 Å². The number of rotatable bonds is 9. The molecule has 34 heavy (non-hydrogen) atoms. The van der Waals surface area contributed by atoms with Crippen LogP contribution in [0.4, 0.5) is 4.79 Å². The van der Waals surface area contributed by atoms with E-state index in [9.17, 15) is 14.4 Å². The lowest BCUT2D eigenvalue weighted by atomic mass is 9.98. The van der Waals surface area contributed by atoms with Crippen LogP contribution in [0.25, 0.3) is 11.1 Å². The highest BCUT2D eigenvalue weighted by Gasteiger charge is 2.37. The summed E-state index contributed by atoms with van der Waals surface area (Å²) in [7, 11) is 3.63. The molecule has 4 rings (SSSR count). The molecule has 0 bridgehead atoms. The summed E-state index contributed by atoms with van der Waals surface area (Å²) in [5.41, 5.74) is 4.52. The molecule has 1 saturated heterocycles. The van der Waals surface area contributed by atoms with Crippen LogP contribution in [0, 0.1) is 0 Å². The van der Waals surface area contributed by atoms with Crippen LogP contribution >= 0.6 is 0 Å². The third-order valence-corrected chi connectivity index (χ3v) is 6.08. The maximum atomic E-state index is 12.9. The van der Waals surface area contributed by atoms with Crippen molar-refractivity contribution in [1.29, 1.82) is 0 Å². The number of nitrogens with one attached hydrogen (secondary N) is 1. The molecule has 0 saturated carbocycles. The molecule has 2 amide bonds. The Kier molecular flexibility index (Phi) is 7.14. The molecule has 0 aromatic heterocycles. The molecule has 2 N–H and O–H groups in total. The number of fused-ring (bicyclic) bond motifs is 3. The van der Waals surface area contributed by atoms with Gasteiger partial charge in [0, 0.05) is 25.6 Å². The van der Waals surface area contributed by atoms with Crippen molar-refractivity contribution in [3.63, 3.8) is 0 Å². The predicted octanol–water partition coefficient (Wildman–Crippen LogP) is 1.77. The molecule has 1 atom stereocenters. The molecule has 9 heteroatoms. The van der Waals surface area contributed by atoms with E-state index in [1.54, 1.807) is 4.90 Å². The minimum Gasteiger partial charge on any atom is -0.480 e. The second-order valence-corrected chi connectivity index (χ2v) is 8.85. The molecule has 0 spiro atoms. The number of aliphatic carboxylic acids is 1. The molecule has 180 valence electrons. The molecule has 1 fully saturated rings. The fourth-order valence-corrected chi connectivity index (χ4v) is 4.47. The number of carboxylic acids is 1. The van der Waals surface area contributed by atoms with Crippen molar-refractivity contribution in [2.75, 3.05) is 46.9 Å². The van der Waals surface area contributed by atoms with E-state index in [2.05, 4.69) is 17.4 Å². The first kappa shape index (κ1) is 23.7. The van der Waals surface area contributed by atoms with E-state index < -0.39 is 24.7 Å². The number of nitrogens with zero attached hydrogens (tertiary/aromatic N) is 2. The minimum absolute atomic E-state index is 0.0660. The Morgan fingerprint density at radius 2 is 1.65 bits per heavy atom. The van der Waals surface area contributed by atoms with Gasteiger partial charge in [-0.3, -0.25) is 4.79 Å². The number of alkyl carbamates (subject to hydrolysis) is 1. The maximum Gasteiger partial charge on any atom is 0.407 e. The van der Waals surface area contributed by atoms with Gasteiger partial charge in [-0.15, -0.1) is 0 Å². The Morgan fingerprint density at radius 1 is 1.06 bits per heavy atom. The van der Waals surface area contributed by atoms with Gasteiger partial charge in [0.25, 0.3) is 0 Å². The van der Waals surface area contributed by atoms with Gasteiger partial charge in [0.15, 0.2) is 0 Å². The Hall–Kier alpha value is -3.43. The summed E-state index contributed by atoms with van der Waals surface area (Å²) in [5, 5.41) is 11.4. The Labute approximate surface area is 198 Å².